The van der Waals surface area contributed by atoms with E-state index < -0.39 is 5.97 Å². The lowest BCUT2D eigenvalue weighted by atomic mass is 10.1. The third-order valence-corrected chi connectivity index (χ3v) is 5.29. The molecule has 1 aliphatic rings. The van der Waals surface area contributed by atoms with E-state index >= 15 is 0 Å². The summed E-state index contributed by atoms with van der Waals surface area (Å²) in [6, 6.07) is 9.06. The molecular formula is C20H16BrClINO4. The average molecular weight is 577 g/mol. The summed E-state index contributed by atoms with van der Waals surface area (Å²) >= 11 is 11.9. The molecule has 1 aliphatic heterocycles. The van der Waals surface area contributed by atoms with Crippen LogP contribution in [-0.4, -0.2) is 25.1 Å². The van der Waals surface area contributed by atoms with E-state index in [1.165, 1.54) is 0 Å². The zero-order valence-corrected chi connectivity index (χ0v) is 19.6. The number of esters is 1. The molecule has 0 aliphatic carbocycles. The molecule has 2 aromatic carbocycles. The fourth-order valence-corrected chi connectivity index (χ4v) is 3.83. The van der Waals surface area contributed by atoms with Crippen LogP contribution in [0.15, 0.2) is 45.5 Å². The smallest absolute Gasteiger partial charge is 0.363 e. The van der Waals surface area contributed by atoms with Gasteiger partial charge in [-0.15, -0.1) is 0 Å². The van der Waals surface area contributed by atoms with Gasteiger partial charge in [0.25, 0.3) is 0 Å². The van der Waals surface area contributed by atoms with Crippen LogP contribution in [0.1, 0.15) is 25.0 Å². The van der Waals surface area contributed by atoms with E-state index in [4.69, 9.17) is 25.8 Å². The molecular weight excluding hydrogens is 560 g/mol. The first kappa shape index (κ1) is 21.1. The van der Waals surface area contributed by atoms with Crippen molar-refractivity contribution in [3.63, 3.8) is 0 Å². The van der Waals surface area contributed by atoms with Gasteiger partial charge in [0.2, 0.25) is 5.90 Å². The van der Waals surface area contributed by atoms with E-state index in [1.807, 2.05) is 32.0 Å². The van der Waals surface area contributed by atoms with Crippen LogP contribution in [0.4, 0.5) is 0 Å². The standard InChI is InChI=1S/C20H16BrClINO4/c1-3-26-17-9-11(7-14(21)18(17)27-4-2)8-16-20(25)28-19(24-16)13-10-12(23)5-6-15(13)22/h5-10H,3-4H2,1-2H3. The Morgan fingerprint density at radius 1 is 1.21 bits per heavy atom. The minimum atomic E-state index is -0.534. The summed E-state index contributed by atoms with van der Waals surface area (Å²) in [4.78, 5) is 16.6. The Morgan fingerprint density at radius 2 is 1.96 bits per heavy atom. The Balaban J connectivity index is 2.00. The first-order valence-electron chi connectivity index (χ1n) is 8.50. The van der Waals surface area contributed by atoms with E-state index in [-0.39, 0.29) is 11.6 Å². The maximum atomic E-state index is 12.3. The Bertz CT molecular complexity index is 990. The predicted octanol–water partition coefficient (Wildman–Crippen LogP) is 5.85. The van der Waals surface area contributed by atoms with Gasteiger partial charge in [0, 0.05) is 3.57 Å². The molecule has 0 aromatic heterocycles. The topological polar surface area (TPSA) is 57.1 Å². The number of cyclic esters (lactones) is 1. The van der Waals surface area contributed by atoms with Crippen LogP contribution in [0.25, 0.3) is 6.08 Å². The Hall–Kier alpha value is -1.58. The molecule has 0 fully saturated rings. The number of nitrogens with zero attached hydrogens (tertiary/aromatic N) is 1. The summed E-state index contributed by atoms with van der Waals surface area (Å²) < 4.78 is 18.3. The fraction of sp³-hybridized carbons (Fsp3) is 0.200. The summed E-state index contributed by atoms with van der Waals surface area (Å²) in [5.41, 5.74) is 1.49. The van der Waals surface area contributed by atoms with Crippen molar-refractivity contribution in [2.45, 2.75) is 13.8 Å². The Kier molecular flexibility index (Phi) is 7.00. The minimum absolute atomic E-state index is 0.184. The van der Waals surface area contributed by atoms with E-state index in [0.29, 0.717) is 35.3 Å². The first-order chi connectivity index (χ1) is 13.4. The highest BCUT2D eigenvalue weighted by molar-refractivity contribution is 14.1. The third-order valence-electron chi connectivity index (χ3n) is 3.70. The molecule has 0 radical (unpaired) electrons. The van der Waals surface area contributed by atoms with Crippen LogP contribution < -0.4 is 9.47 Å². The zero-order chi connectivity index (χ0) is 20.3. The zero-order valence-electron chi connectivity index (χ0n) is 15.1. The van der Waals surface area contributed by atoms with Gasteiger partial charge in [-0.2, -0.15) is 0 Å². The summed E-state index contributed by atoms with van der Waals surface area (Å²) in [5.74, 6) is 0.861. The van der Waals surface area contributed by atoms with Crippen molar-refractivity contribution in [3.05, 3.63) is 60.2 Å². The van der Waals surface area contributed by atoms with Crippen molar-refractivity contribution < 1.29 is 19.0 Å². The number of rotatable bonds is 6. The molecule has 28 heavy (non-hydrogen) atoms. The monoisotopic (exact) mass is 575 g/mol. The number of ether oxygens (including phenoxy) is 3. The quantitative estimate of drug-likeness (QED) is 0.246. The molecule has 0 N–H and O–H groups in total. The van der Waals surface area contributed by atoms with Crippen molar-refractivity contribution >= 4 is 68.1 Å². The fourth-order valence-electron chi connectivity index (χ4n) is 2.56. The van der Waals surface area contributed by atoms with Crippen LogP contribution in [0.2, 0.25) is 5.02 Å². The summed E-state index contributed by atoms with van der Waals surface area (Å²) in [7, 11) is 0. The largest absolute Gasteiger partial charge is 0.490 e. The molecule has 8 heteroatoms. The molecule has 1 heterocycles. The molecule has 0 saturated heterocycles. The normalized spacial score (nSPS) is 14.8. The molecule has 0 saturated carbocycles. The Labute approximate surface area is 190 Å². The number of benzene rings is 2. The van der Waals surface area contributed by atoms with Crippen molar-refractivity contribution in [3.8, 4) is 11.5 Å². The van der Waals surface area contributed by atoms with E-state index in [1.54, 1.807) is 18.2 Å². The molecule has 0 unspecified atom stereocenters. The molecule has 5 nitrogen and oxygen atoms in total. The van der Waals surface area contributed by atoms with Gasteiger partial charge in [0.15, 0.2) is 17.2 Å². The number of carbonyl (C=O) groups is 1. The van der Waals surface area contributed by atoms with Crippen LogP contribution in [0.3, 0.4) is 0 Å². The lowest BCUT2D eigenvalue weighted by Crippen LogP contribution is -2.06. The van der Waals surface area contributed by atoms with Gasteiger partial charge in [0.1, 0.15) is 0 Å². The van der Waals surface area contributed by atoms with Crippen LogP contribution in [0, 0.1) is 3.57 Å². The van der Waals surface area contributed by atoms with E-state index in [2.05, 4.69) is 43.5 Å². The molecule has 0 bridgehead atoms. The van der Waals surface area contributed by atoms with Gasteiger partial charge >= 0.3 is 5.97 Å². The average Bonchev–Trinajstić information content (AvgIpc) is 3.00. The van der Waals surface area contributed by atoms with Crippen molar-refractivity contribution in [1.82, 2.24) is 0 Å². The molecule has 2 aromatic rings. The summed E-state index contributed by atoms with van der Waals surface area (Å²) in [5, 5.41) is 0.468. The number of carbonyl (C=O) groups excluding carboxylic acids is 1. The summed E-state index contributed by atoms with van der Waals surface area (Å²) in [6.07, 6.45) is 1.64. The molecule has 0 atom stereocenters. The van der Waals surface area contributed by atoms with Gasteiger partial charge in [-0.25, -0.2) is 9.79 Å². The van der Waals surface area contributed by atoms with Crippen LogP contribution >= 0.6 is 50.1 Å². The maximum absolute atomic E-state index is 12.3. The second-order valence-electron chi connectivity index (χ2n) is 5.66. The molecule has 0 spiro atoms. The van der Waals surface area contributed by atoms with Crippen LogP contribution in [-0.2, 0) is 9.53 Å². The SMILES string of the molecule is CCOc1cc(C=C2N=C(c3cc(I)ccc3Cl)OC2=O)cc(Br)c1OCC. The number of halogens is 3. The second-order valence-corrected chi connectivity index (χ2v) is 8.16. The highest BCUT2D eigenvalue weighted by Crippen LogP contribution is 2.38. The second kappa shape index (κ2) is 9.28. The molecule has 146 valence electrons. The summed E-state index contributed by atoms with van der Waals surface area (Å²) in [6.45, 7) is 4.79. The lowest BCUT2D eigenvalue weighted by Gasteiger charge is -2.13. The highest BCUT2D eigenvalue weighted by Gasteiger charge is 2.26. The molecule has 0 amide bonds. The van der Waals surface area contributed by atoms with Gasteiger partial charge in [-0.1, -0.05) is 11.6 Å². The number of hydrogen-bond donors (Lipinski definition) is 0. The third kappa shape index (κ3) is 4.69. The van der Waals surface area contributed by atoms with Gasteiger partial charge in [-0.3, -0.25) is 0 Å². The first-order valence-corrected chi connectivity index (χ1v) is 10.7. The number of aliphatic imine (C=N–C) groups is 1. The minimum Gasteiger partial charge on any atom is -0.490 e. The van der Waals surface area contributed by atoms with Crippen molar-refractivity contribution in [2.24, 2.45) is 4.99 Å². The van der Waals surface area contributed by atoms with Gasteiger partial charge in [-0.05, 0) is 94.3 Å². The predicted molar refractivity (Wildman–Crippen MR) is 121 cm³/mol. The van der Waals surface area contributed by atoms with E-state index in [9.17, 15) is 4.79 Å². The maximum Gasteiger partial charge on any atom is 0.363 e. The lowest BCUT2D eigenvalue weighted by molar-refractivity contribution is -0.129. The van der Waals surface area contributed by atoms with Crippen LogP contribution in [0.5, 0.6) is 11.5 Å². The Morgan fingerprint density at radius 3 is 2.68 bits per heavy atom. The van der Waals surface area contributed by atoms with Gasteiger partial charge in [0.05, 0.1) is 28.3 Å². The molecule has 3 rings (SSSR count). The van der Waals surface area contributed by atoms with E-state index in [0.717, 1.165) is 13.6 Å². The highest BCUT2D eigenvalue weighted by atomic mass is 127. The van der Waals surface area contributed by atoms with Crippen molar-refractivity contribution in [2.75, 3.05) is 13.2 Å². The van der Waals surface area contributed by atoms with Gasteiger partial charge < -0.3 is 14.2 Å². The number of hydrogen-bond acceptors (Lipinski definition) is 5. The van der Waals surface area contributed by atoms with Crippen molar-refractivity contribution in [1.29, 1.82) is 0 Å².